The molecule has 2 rings (SSSR count). The van der Waals surface area contributed by atoms with E-state index in [-0.39, 0.29) is 11.5 Å². The fourth-order valence-corrected chi connectivity index (χ4v) is 2.86. The summed E-state index contributed by atoms with van der Waals surface area (Å²) in [4.78, 5) is 16.8. The molecule has 2 aliphatic heterocycles. The van der Waals surface area contributed by atoms with E-state index < -0.39 is 0 Å². The summed E-state index contributed by atoms with van der Waals surface area (Å²) < 4.78 is 5.32. The Morgan fingerprint density at radius 2 is 1.79 bits per heavy atom. The monoisotopic (exact) mass is 269 g/mol. The zero-order valence-electron chi connectivity index (χ0n) is 12.2. The molecule has 1 amide bonds. The van der Waals surface area contributed by atoms with Crippen molar-refractivity contribution < 1.29 is 9.53 Å². The minimum absolute atomic E-state index is 0.0355. The van der Waals surface area contributed by atoms with E-state index in [1.165, 1.54) is 0 Å². The molecule has 0 aliphatic carbocycles. The Hall–Kier alpha value is -0.650. The number of nitrogens with two attached hydrogens (primary N) is 1. The summed E-state index contributed by atoms with van der Waals surface area (Å²) in [5.74, 6) is 0.510. The molecule has 0 spiro atoms. The van der Waals surface area contributed by atoms with Gasteiger partial charge in [-0.25, -0.2) is 0 Å². The molecule has 0 saturated carbocycles. The smallest absolute Gasteiger partial charge is 0.225 e. The second-order valence-electron chi connectivity index (χ2n) is 6.22. The molecule has 0 aromatic rings. The topological polar surface area (TPSA) is 58.8 Å². The molecule has 0 bridgehead atoms. The van der Waals surface area contributed by atoms with Crippen LogP contribution < -0.4 is 5.73 Å². The minimum Gasteiger partial charge on any atom is -0.381 e. The third-order valence-electron chi connectivity index (χ3n) is 4.52. The summed E-state index contributed by atoms with van der Waals surface area (Å²) >= 11 is 0. The lowest BCUT2D eigenvalue weighted by atomic mass is 9.97. The van der Waals surface area contributed by atoms with Crippen molar-refractivity contribution in [3.63, 3.8) is 0 Å². The van der Waals surface area contributed by atoms with E-state index in [1.54, 1.807) is 0 Å². The zero-order valence-corrected chi connectivity index (χ0v) is 12.2. The quantitative estimate of drug-likeness (QED) is 0.800. The first-order valence-electron chi connectivity index (χ1n) is 7.36. The fraction of sp³-hybridized carbons (Fsp3) is 0.929. The summed E-state index contributed by atoms with van der Waals surface area (Å²) in [5.41, 5.74) is 5.85. The molecule has 0 unspecified atom stereocenters. The maximum atomic E-state index is 12.4. The van der Waals surface area contributed by atoms with Gasteiger partial charge in [-0.3, -0.25) is 9.69 Å². The lowest BCUT2D eigenvalue weighted by molar-refractivity contribution is -0.141. The number of hydrogen-bond acceptors (Lipinski definition) is 4. The van der Waals surface area contributed by atoms with Crippen LogP contribution in [0.1, 0.15) is 26.7 Å². The Kier molecular flexibility index (Phi) is 4.81. The van der Waals surface area contributed by atoms with Crippen LogP contribution in [-0.4, -0.2) is 67.2 Å². The van der Waals surface area contributed by atoms with E-state index in [2.05, 4.69) is 18.7 Å². The van der Waals surface area contributed by atoms with E-state index in [9.17, 15) is 4.79 Å². The predicted octanol–water partition coefficient (Wildman–Crippen LogP) is 0.295. The van der Waals surface area contributed by atoms with Crippen molar-refractivity contribution in [1.82, 2.24) is 9.80 Å². The minimum atomic E-state index is 0.0355. The number of ether oxygens (including phenoxy) is 1. The fourth-order valence-electron chi connectivity index (χ4n) is 2.86. The number of carbonyl (C=O) groups is 1. The van der Waals surface area contributed by atoms with Crippen molar-refractivity contribution in [2.75, 3.05) is 45.9 Å². The number of amides is 1. The maximum Gasteiger partial charge on any atom is 0.225 e. The van der Waals surface area contributed by atoms with Crippen molar-refractivity contribution in [2.24, 2.45) is 11.7 Å². The lowest BCUT2D eigenvalue weighted by Crippen LogP contribution is -2.58. The Morgan fingerprint density at radius 1 is 1.21 bits per heavy atom. The van der Waals surface area contributed by atoms with Gasteiger partial charge in [0.15, 0.2) is 0 Å². The predicted molar refractivity (Wildman–Crippen MR) is 74.8 cm³/mol. The van der Waals surface area contributed by atoms with Crippen LogP contribution in [0.25, 0.3) is 0 Å². The average molecular weight is 269 g/mol. The normalized spacial score (nSPS) is 23.6. The van der Waals surface area contributed by atoms with E-state index in [4.69, 9.17) is 10.5 Å². The molecule has 0 aromatic heterocycles. The van der Waals surface area contributed by atoms with Gasteiger partial charge in [0.2, 0.25) is 5.91 Å². The molecule has 5 heteroatoms. The first kappa shape index (κ1) is 14.8. The van der Waals surface area contributed by atoms with Crippen molar-refractivity contribution in [3.05, 3.63) is 0 Å². The summed E-state index contributed by atoms with van der Waals surface area (Å²) in [6, 6.07) is 0. The van der Waals surface area contributed by atoms with Crippen LogP contribution in [0, 0.1) is 5.92 Å². The van der Waals surface area contributed by atoms with Crippen molar-refractivity contribution >= 4 is 5.91 Å². The van der Waals surface area contributed by atoms with Crippen molar-refractivity contribution in [2.45, 2.75) is 32.2 Å². The summed E-state index contributed by atoms with van der Waals surface area (Å²) in [5, 5.41) is 0. The van der Waals surface area contributed by atoms with Gasteiger partial charge in [0.1, 0.15) is 0 Å². The second-order valence-corrected chi connectivity index (χ2v) is 6.22. The van der Waals surface area contributed by atoms with E-state index in [1.807, 2.05) is 4.90 Å². The second kappa shape index (κ2) is 6.20. The first-order chi connectivity index (χ1) is 9.04. The Balaban J connectivity index is 1.84. The van der Waals surface area contributed by atoms with Crippen LogP contribution in [0.2, 0.25) is 0 Å². The van der Waals surface area contributed by atoms with Gasteiger partial charge >= 0.3 is 0 Å². The summed E-state index contributed by atoms with van der Waals surface area (Å²) in [7, 11) is 0. The third kappa shape index (κ3) is 3.46. The van der Waals surface area contributed by atoms with Crippen molar-refractivity contribution in [1.29, 1.82) is 0 Å². The molecule has 0 radical (unpaired) electrons. The van der Waals surface area contributed by atoms with Crippen LogP contribution in [0.4, 0.5) is 0 Å². The summed E-state index contributed by atoms with van der Waals surface area (Å²) in [6.45, 7) is 9.98. The van der Waals surface area contributed by atoms with Gasteiger partial charge in [-0.05, 0) is 26.7 Å². The third-order valence-corrected chi connectivity index (χ3v) is 4.52. The molecule has 2 fully saturated rings. The van der Waals surface area contributed by atoms with Crippen LogP contribution in [0.15, 0.2) is 0 Å². The van der Waals surface area contributed by atoms with Gasteiger partial charge in [-0.2, -0.15) is 0 Å². The molecule has 2 saturated heterocycles. The molecule has 2 aliphatic rings. The highest BCUT2D eigenvalue weighted by Crippen LogP contribution is 2.20. The number of rotatable bonds is 3. The highest BCUT2D eigenvalue weighted by molar-refractivity contribution is 5.79. The number of piperazine rings is 1. The SMILES string of the molecule is CC(C)(CN)N1CCN(C(=O)C2CCOCC2)CC1. The first-order valence-corrected chi connectivity index (χ1v) is 7.36. The molecule has 5 nitrogen and oxygen atoms in total. The molecular formula is C14H27N3O2. The van der Waals surface area contributed by atoms with Gasteiger partial charge in [0.25, 0.3) is 0 Å². The average Bonchev–Trinajstić information content (AvgIpc) is 2.47. The number of hydrogen-bond donors (Lipinski definition) is 1. The number of carbonyl (C=O) groups excluding carboxylic acids is 1. The van der Waals surface area contributed by atoms with Gasteiger partial charge in [-0.15, -0.1) is 0 Å². The molecule has 2 N–H and O–H groups in total. The van der Waals surface area contributed by atoms with Gasteiger partial charge < -0.3 is 15.4 Å². The van der Waals surface area contributed by atoms with Gasteiger partial charge in [0, 0.05) is 57.4 Å². The van der Waals surface area contributed by atoms with Crippen LogP contribution in [-0.2, 0) is 9.53 Å². The van der Waals surface area contributed by atoms with E-state index >= 15 is 0 Å². The Bertz CT molecular complexity index is 306. The molecule has 0 atom stereocenters. The Morgan fingerprint density at radius 3 is 2.32 bits per heavy atom. The standard InChI is InChI=1S/C14H27N3O2/c1-14(2,11-15)17-7-5-16(6-8-17)13(18)12-3-9-19-10-4-12/h12H,3-11,15H2,1-2H3. The van der Waals surface area contributed by atoms with Gasteiger partial charge in [-0.1, -0.05) is 0 Å². The van der Waals surface area contributed by atoms with E-state index in [0.717, 1.165) is 52.2 Å². The summed E-state index contributed by atoms with van der Waals surface area (Å²) in [6.07, 6.45) is 1.76. The van der Waals surface area contributed by atoms with Crippen LogP contribution in [0.5, 0.6) is 0 Å². The highest BCUT2D eigenvalue weighted by atomic mass is 16.5. The van der Waals surface area contributed by atoms with Crippen LogP contribution >= 0.6 is 0 Å². The lowest BCUT2D eigenvalue weighted by Gasteiger charge is -2.44. The Labute approximate surface area is 116 Å². The maximum absolute atomic E-state index is 12.4. The largest absolute Gasteiger partial charge is 0.381 e. The van der Waals surface area contributed by atoms with E-state index in [0.29, 0.717) is 12.5 Å². The molecule has 110 valence electrons. The van der Waals surface area contributed by atoms with Crippen LogP contribution in [0.3, 0.4) is 0 Å². The highest BCUT2D eigenvalue weighted by Gasteiger charge is 2.32. The molecular weight excluding hydrogens is 242 g/mol. The molecule has 0 aromatic carbocycles. The van der Waals surface area contributed by atoms with Gasteiger partial charge in [0.05, 0.1) is 0 Å². The molecule has 19 heavy (non-hydrogen) atoms. The number of nitrogens with zero attached hydrogens (tertiary/aromatic N) is 2. The zero-order chi connectivity index (χ0) is 13.9. The van der Waals surface area contributed by atoms with Crippen molar-refractivity contribution in [3.8, 4) is 0 Å². The molecule has 2 heterocycles.